The van der Waals surface area contributed by atoms with Crippen molar-refractivity contribution in [2.75, 3.05) is 13.2 Å². The molecule has 2 aromatic rings. The molecule has 1 saturated heterocycles. The summed E-state index contributed by atoms with van der Waals surface area (Å²) in [6, 6.07) is 14.1. The second-order valence-electron chi connectivity index (χ2n) is 7.82. The molecule has 0 bridgehead atoms. The topological polar surface area (TPSA) is 112 Å². The lowest BCUT2D eigenvalue weighted by Gasteiger charge is -2.18. The summed E-state index contributed by atoms with van der Waals surface area (Å²) >= 11 is 0. The molecule has 0 aliphatic carbocycles. The number of carbonyl (C=O) groups is 2. The summed E-state index contributed by atoms with van der Waals surface area (Å²) in [6.45, 7) is 4.15. The van der Waals surface area contributed by atoms with E-state index in [-0.39, 0.29) is 25.4 Å². The van der Waals surface area contributed by atoms with E-state index in [4.69, 9.17) is 29.2 Å². The van der Waals surface area contributed by atoms with Gasteiger partial charge in [0.1, 0.15) is 36.9 Å². The third kappa shape index (κ3) is 7.78. The van der Waals surface area contributed by atoms with Gasteiger partial charge in [-0.15, -0.1) is 0 Å². The number of hydrogen-bond donors (Lipinski definition) is 2. The molecule has 1 aliphatic rings. The van der Waals surface area contributed by atoms with Crippen LogP contribution in [0.1, 0.15) is 25.0 Å². The van der Waals surface area contributed by atoms with Crippen LogP contribution in [0.2, 0.25) is 0 Å². The number of carboxylic acid groups (broad SMARTS) is 2. The summed E-state index contributed by atoms with van der Waals surface area (Å²) in [5.41, 5.74) is 1.50. The second-order valence-corrected chi connectivity index (χ2v) is 7.82. The molecule has 2 N–H and O–H groups in total. The van der Waals surface area contributed by atoms with E-state index in [1.54, 1.807) is 48.5 Å². The molecule has 174 valence electrons. The SMILES string of the molecule is CC1(C)O[C@@H](COc2ccc(C=CC(=O)O)cc2)[C@H](COc2ccc(C=CC(=O)O)cc2)O1. The molecule has 1 aliphatic heterocycles. The normalized spacial score (nSPS) is 19.7. The Morgan fingerprint density at radius 2 is 1.15 bits per heavy atom. The number of rotatable bonds is 10. The first-order valence-corrected chi connectivity index (χ1v) is 10.3. The highest BCUT2D eigenvalue weighted by Gasteiger charge is 2.42. The standard InChI is InChI=1S/C25H26O8/c1-25(2)32-21(15-30-19-9-3-17(4-10-19)7-13-23(26)27)22(33-25)16-31-20-11-5-18(6-12-20)8-14-24(28)29/h3-14,21-22H,15-16H2,1-2H3,(H,26,27)(H,28,29)/t21-,22-/m0/s1. The van der Waals surface area contributed by atoms with Crippen LogP contribution in [0.3, 0.4) is 0 Å². The maximum atomic E-state index is 10.6. The van der Waals surface area contributed by atoms with Gasteiger partial charge in [0.25, 0.3) is 0 Å². The molecule has 1 heterocycles. The predicted molar refractivity (Wildman–Crippen MR) is 121 cm³/mol. The zero-order valence-corrected chi connectivity index (χ0v) is 18.3. The van der Waals surface area contributed by atoms with E-state index < -0.39 is 17.7 Å². The van der Waals surface area contributed by atoms with Crippen LogP contribution in [0.5, 0.6) is 11.5 Å². The van der Waals surface area contributed by atoms with Crippen molar-refractivity contribution in [3.63, 3.8) is 0 Å². The van der Waals surface area contributed by atoms with Crippen molar-refractivity contribution in [1.82, 2.24) is 0 Å². The molecule has 1 fully saturated rings. The van der Waals surface area contributed by atoms with Crippen molar-refractivity contribution in [2.24, 2.45) is 0 Å². The summed E-state index contributed by atoms with van der Waals surface area (Å²) in [4.78, 5) is 21.2. The Bertz CT molecular complexity index is 924. The molecule has 0 spiro atoms. The molecule has 8 heteroatoms. The van der Waals surface area contributed by atoms with Crippen LogP contribution in [-0.2, 0) is 19.1 Å². The van der Waals surface area contributed by atoms with Gasteiger partial charge in [-0.3, -0.25) is 0 Å². The van der Waals surface area contributed by atoms with Gasteiger partial charge in [-0.25, -0.2) is 9.59 Å². The van der Waals surface area contributed by atoms with Gasteiger partial charge in [-0.2, -0.15) is 0 Å². The summed E-state index contributed by atoms with van der Waals surface area (Å²) in [7, 11) is 0. The Balaban J connectivity index is 1.54. The van der Waals surface area contributed by atoms with Crippen molar-refractivity contribution < 1.29 is 38.7 Å². The molecule has 2 atom stereocenters. The van der Waals surface area contributed by atoms with E-state index in [2.05, 4.69) is 0 Å². The second kappa shape index (κ2) is 10.8. The Kier molecular flexibility index (Phi) is 7.87. The van der Waals surface area contributed by atoms with Crippen LogP contribution in [0.4, 0.5) is 0 Å². The zero-order chi connectivity index (χ0) is 23.8. The van der Waals surface area contributed by atoms with Gasteiger partial charge in [-0.1, -0.05) is 24.3 Å². The van der Waals surface area contributed by atoms with E-state index in [1.807, 2.05) is 13.8 Å². The Hall–Kier alpha value is -3.62. The first-order valence-electron chi connectivity index (χ1n) is 10.3. The van der Waals surface area contributed by atoms with E-state index in [9.17, 15) is 9.59 Å². The van der Waals surface area contributed by atoms with Crippen LogP contribution in [-0.4, -0.2) is 53.4 Å². The molecule has 8 nitrogen and oxygen atoms in total. The van der Waals surface area contributed by atoms with Gasteiger partial charge in [0.05, 0.1) is 0 Å². The molecule has 0 unspecified atom stereocenters. The number of benzene rings is 2. The van der Waals surface area contributed by atoms with Crippen molar-refractivity contribution >= 4 is 24.1 Å². The molecule has 0 radical (unpaired) electrons. The van der Waals surface area contributed by atoms with Gasteiger partial charge in [0.15, 0.2) is 5.79 Å². The first kappa shape index (κ1) is 24.0. The van der Waals surface area contributed by atoms with Crippen LogP contribution in [0, 0.1) is 0 Å². The van der Waals surface area contributed by atoms with E-state index >= 15 is 0 Å². The average Bonchev–Trinajstić information content (AvgIpc) is 3.08. The van der Waals surface area contributed by atoms with Crippen LogP contribution < -0.4 is 9.47 Å². The largest absolute Gasteiger partial charge is 0.491 e. The quantitative estimate of drug-likeness (QED) is 0.521. The Morgan fingerprint density at radius 3 is 1.48 bits per heavy atom. The number of aliphatic carboxylic acids is 2. The maximum absolute atomic E-state index is 10.6. The van der Waals surface area contributed by atoms with Crippen molar-refractivity contribution in [2.45, 2.75) is 31.8 Å². The minimum atomic E-state index is -1.00. The zero-order valence-electron chi connectivity index (χ0n) is 18.3. The lowest BCUT2D eigenvalue weighted by molar-refractivity contribution is -0.150. The summed E-state index contributed by atoms with van der Waals surface area (Å²) < 4.78 is 23.6. The van der Waals surface area contributed by atoms with E-state index in [1.165, 1.54) is 12.2 Å². The third-order valence-corrected chi connectivity index (χ3v) is 4.71. The molecule has 0 aromatic heterocycles. The van der Waals surface area contributed by atoms with Crippen LogP contribution in [0.15, 0.2) is 60.7 Å². The van der Waals surface area contributed by atoms with E-state index in [0.29, 0.717) is 11.5 Å². The maximum Gasteiger partial charge on any atom is 0.328 e. The average molecular weight is 454 g/mol. The van der Waals surface area contributed by atoms with Crippen molar-refractivity contribution in [3.8, 4) is 11.5 Å². The fraction of sp³-hybridized carbons (Fsp3) is 0.280. The highest BCUT2D eigenvalue weighted by molar-refractivity contribution is 5.85. The van der Waals surface area contributed by atoms with Crippen LogP contribution >= 0.6 is 0 Å². The van der Waals surface area contributed by atoms with Crippen molar-refractivity contribution in [1.29, 1.82) is 0 Å². The molecule has 0 saturated carbocycles. The summed E-state index contributed by atoms with van der Waals surface area (Å²) in [6.07, 6.45) is 4.45. The Labute approximate surface area is 191 Å². The number of hydrogen-bond acceptors (Lipinski definition) is 6. The van der Waals surface area contributed by atoms with Gasteiger partial charge in [-0.05, 0) is 61.4 Å². The van der Waals surface area contributed by atoms with Gasteiger partial charge < -0.3 is 29.2 Å². The predicted octanol–water partition coefficient (Wildman–Crippen LogP) is 3.86. The number of ether oxygens (including phenoxy) is 4. The molecule has 0 amide bonds. The van der Waals surface area contributed by atoms with Gasteiger partial charge >= 0.3 is 11.9 Å². The molecular formula is C25H26O8. The van der Waals surface area contributed by atoms with Crippen molar-refractivity contribution in [3.05, 3.63) is 71.8 Å². The molecule has 2 aromatic carbocycles. The van der Waals surface area contributed by atoms with Crippen LogP contribution in [0.25, 0.3) is 12.2 Å². The molecule has 33 heavy (non-hydrogen) atoms. The Morgan fingerprint density at radius 1 is 0.788 bits per heavy atom. The molecule has 3 rings (SSSR count). The number of carboxylic acids is 2. The minimum Gasteiger partial charge on any atom is -0.491 e. The van der Waals surface area contributed by atoms with Gasteiger partial charge in [0.2, 0.25) is 0 Å². The lowest BCUT2D eigenvalue weighted by Crippen LogP contribution is -2.33. The highest BCUT2D eigenvalue weighted by atomic mass is 16.8. The lowest BCUT2D eigenvalue weighted by atomic mass is 10.2. The smallest absolute Gasteiger partial charge is 0.328 e. The summed E-state index contributed by atoms with van der Waals surface area (Å²) in [5.74, 6) is -1.54. The van der Waals surface area contributed by atoms with E-state index in [0.717, 1.165) is 23.3 Å². The summed E-state index contributed by atoms with van der Waals surface area (Å²) in [5, 5.41) is 17.4. The van der Waals surface area contributed by atoms with Gasteiger partial charge in [0, 0.05) is 12.2 Å². The minimum absolute atomic E-state index is 0.251. The monoisotopic (exact) mass is 454 g/mol. The fourth-order valence-corrected chi connectivity index (χ4v) is 3.23. The third-order valence-electron chi connectivity index (χ3n) is 4.71. The molecular weight excluding hydrogens is 428 g/mol. The fourth-order valence-electron chi connectivity index (χ4n) is 3.23. The first-order chi connectivity index (χ1) is 15.7. The highest BCUT2D eigenvalue weighted by Crippen LogP contribution is 2.29.